The second kappa shape index (κ2) is 34.6. The molecule has 0 radical (unpaired) electrons. The predicted octanol–water partition coefficient (Wildman–Crippen LogP) is 3.79. The lowest BCUT2D eigenvalue weighted by atomic mass is 9.78. The molecular formula is C54H28O9P2. The fourth-order valence-electron chi connectivity index (χ4n) is 5.05. The Morgan fingerprint density at radius 2 is 0.908 bits per heavy atom. The molecule has 0 amide bonds. The molecule has 0 bridgehead atoms. The molecule has 1 aliphatic rings. The van der Waals surface area contributed by atoms with E-state index in [0.29, 0.717) is 12.8 Å². The van der Waals surface area contributed by atoms with Crippen LogP contribution >= 0.6 is 14.3 Å². The van der Waals surface area contributed by atoms with Gasteiger partial charge in [-0.2, -0.15) is 0 Å². The Bertz CT molecular complexity index is 3280. The molecule has 0 saturated heterocycles. The van der Waals surface area contributed by atoms with Crippen LogP contribution < -0.4 is 0 Å². The van der Waals surface area contributed by atoms with Gasteiger partial charge in [0.1, 0.15) is 5.92 Å². The Hall–Kier alpha value is -9.07. The highest BCUT2D eigenvalue weighted by Crippen LogP contribution is 2.82. The quantitative estimate of drug-likeness (QED) is 0.135. The van der Waals surface area contributed by atoms with Crippen molar-refractivity contribution >= 4 is 20.3 Å². The van der Waals surface area contributed by atoms with E-state index in [2.05, 4.69) is 241 Å². The van der Waals surface area contributed by atoms with Crippen molar-refractivity contribution in [3.05, 3.63) is 0 Å². The van der Waals surface area contributed by atoms with Crippen LogP contribution in [-0.2, 0) is 23.6 Å². The summed E-state index contributed by atoms with van der Waals surface area (Å²) in [5.41, 5.74) is -1.81. The molecule has 11 heteroatoms. The second-order valence-electron chi connectivity index (χ2n) is 11.6. The number of carboxylic acids is 1. The van der Waals surface area contributed by atoms with Gasteiger partial charge in [-0.25, -0.2) is 9.82 Å². The van der Waals surface area contributed by atoms with E-state index < -0.39 is 56.1 Å². The molecule has 1 saturated carbocycles. The van der Waals surface area contributed by atoms with Gasteiger partial charge in [-0.15, -0.1) is 11.1 Å². The molecule has 9 nitrogen and oxygen atoms in total. The Morgan fingerprint density at radius 3 is 1.29 bits per heavy atom. The molecule has 6 unspecified atom stereocenters. The third-order valence-corrected chi connectivity index (χ3v) is 13.3. The summed E-state index contributed by atoms with van der Waals surface area (Å²) in [5.74, 6) is 91.5. The second-order valence-corrected chi connectivity index (χ2v) is 17.8. The minimum Gasteiger partial charge on any atom is -0.480 e. The van der Waals surface area contributed by atoms with Crippen LogP contribution in [0.1, 0.15) is 52.4 Å². The van der Waals surface area contributed by atoms with E-state index in [1.165, 1.54) is 0 Å². The van der Waals surface area contributed by atoms with Gasteiger partial charge < -0.3 is 14.9 Å². The first-order valence-electron chi connectivity index (χ1n) is 18.2. The van der Waals surface area contributed by atoms with Gasteiger partial charge in [0, 0.05) is 11.8 Å². The molecule has 6 atom stereocenters. The van der Waals surface area contributed by atoms with Gasteiger partial charge >= 0.3 is 20.3 Å². The largest absolute Gasteiger partial charge is 0.480 e. The van der Waals surface area contributed by atoms with Crippen molar-refractivity contribution in [2.75, 3.05) is 0 Å². The van der Waals surface area contributed by atoms with Crippen LogP contribution in [0.5, 0.6) is 0 Å². The molecule has 0 aromatic heterocycles. The molecule has 0 aromatic rings. The monoisotopic (exact) mass is 882 g/mol. The molecule has 0 aromatic carbocycles. The summed E-state index contributed by atoms with van der Waals surface area (Å²) >= 11 is 0. The van der Waals surface area contributed by atoms with E-state index in [9.17, 15) is 34.1 Å². The maximum Gasteiger partial charge on any atom is 0.410 e. The highest BCUT2D eigenvalue weighted by Gasteiger charge is 2.56. The smallest absolute Gasteiger partial charge is 0.410 e. The number of rotatable bonds is 6. The summed E-state index contributed by atoms with van der Waals surface area (Å²) in [6.07, 6.45) is 5.70. The molecule has 0 aliphatic heterocycles. The van der Waals surface area contributed by atoms with Crippen LogP contribution in [0.15, 0.2) is 0 Å². The number of carbonyl (C=O) groups is 1. The zero-order valence-electron chi connectivity index (χ0n) is 34.4. The Labute approximate surface area is 381 Å². The summed E-state index contributed by atoms with van der Waals surface area (Å²) in [6, 6.07) is 0. The number of aliphatic carboxylic acids is 1. The third kappa shape index (κ3) is 24.7. The molecule has 4 N–H and O–H groups in total. The summed E-state index contributed by atoms with van der Waals surface area (Å²) in [4.78, 5) is 33.8. The van der Waals surface area contributed by atoms with Crippen LogP contribution in [-0.4, -0.2) is 31.8 Å². The first kappa shape index (κ1) is 53.9. The van der Waals surface area contributed by atoms with Gasteiger partial charge in [0.15, 0.2) is 0 Å². The predicted molar refractivity (Wildman–Crippen MR) is 245 cm³/mol. The van der Waals surface area contributed by atoms with Gasteiger partial charge in [0.25, 0.3) is 0 Å². The van der Waals surface area contributed by atoms with Crippen LogP contribution in [0.4, 0.5) is 0 Å². The summed E-state index contributed by atoms with van der Waals surface area (Å²) in [7, 11) is -11.3. The van der Waals surface area contributed by atoms with E-state index in [0.717, 1.165) is 0 Å². The average Bonchev–Trinajstić information content (AvgIpc) is 3.27. The van der Waals surface area contributed by atoms with Crippen molar-refractivity contribution in [2.45, 2.75) is 58.0 Å². The maximum atomic E-state index is 14.4. The van der Waals surface area contributed by atoms with Gasteiger partial charge in [0.2, 0.25) is 0 Å². The topological polar surface area (TPSA) is 151 Å². The summed E-state index contributed by atoms with van der Waals surface area (Å²) in [5, 5.41) is 23.4. The van der Waals surface area contributed by atoms with E-state index in [1.807, 2.05) is 0 Å². The highest BCUT2D eigenvalue weighted by molar-refractivity contribution is 8.29. The van der Waals surface area contributed by atoms with Crippen molar-refractivity contribution in [1.29, 1.82) is 0 Å². The standard InChI is InChI=1S/C54H28O9P2/c1-4-7-10-13-16-19-22-24-27-29-32-35-38-42-50-44-40-43-49(41-37-34-31-28-26-23-20-17-14-11-8-5-2)46-47-51(53(48-50)64(58,63-62-57)65(59,60)61)52(54(55)56)45-39-36-33-30-25-21-18-15-12-9-6-3/h2,49-53,57H,40,43-44,46-48H2,1,3H3,(H,55,56)(H2,59,60,61). The van der Waals surface area contributed by atoms with Crippen molar-refractivity contribution in [3.63, 3.8) is 0 Å². The highest BCUT2D eigenvalue weighted by atomic mass is 32.1. The van der Waals surface area contributed by atoms with Gasteiger partial charge in [-0.3, -0.25) is 9.36 Å². The maximum absolute atomic E-state index is 14.4. The zero-order valence-corrected chi connectivity index (χ0v) is 36.2. The van der Waals surface area contributed by atoms with E-state index in [4.69, 9.17) is 6.42 Å². The number of hydrogen-bond acceptors (Lipinski definition) is 6. The van der Waals surface area contributed by atoms with Crippen molar-refractivity contribution in [2.24, 2.45) is 23.7 Å². The third-order valence-electron chi connectivity index (χ3n) is 7.57. The van der Waals surface area contributed by atoms with Gasteiger partial charge in [-0.1, -0.05) is 41.1 Å². The fraction of sp³-hybridized carbons (Fsp3) is 0.241. The molecule has 65 heavy (non-hydrogen) atoms. The lowest BCUT2D eigenvalue weighted by Gasteiger charge is -2.36. The first-order chi connectivity index (χ1) is 31.5. The lowest BCUT2D eigenvalue weighted by Crippen LogP contribution is -2.35. The fourth-order valence-corrected chi connectivity index (χ4v) is 9.36. The molecule has 1 rings (SSSR count). The molecule has 1 fully saturated rings. The van der Waals surface area contributed by atoms with Crippen LogP contribution in [0.3, 0.4) is 0 Å². The Morgan fingerprint density at radius 1 is 0.538 bits per heavy atom. The molecule has 1 aliphatic carbocycles. The minimum absolute atomic E-state index is 0.124. The summed E-state index contributed by atoms with van der Waals surface area (Å²) in [6.45, 7) is 3.26. The molecular weight excluding hydrogens is 855 g/mol. The van der Waals surface area contributed by atoms with E-state index >= 15 is 0 Å². The minimum atomic E-state index is -5.83. The van der Waals surface area contributed by atoms with Crippen LogP contribution in [0.25, 0.3) is 0 Å². The summed E-state index contributed by atoms with van der Waals surface area (Å²) < 4.78 is 31.9. The average molecular weight is 883 g/mol. The van der Waals surface area contributed by atoms with E-state index in [1.54, 1.807) is 13.8 Å². The molecule has 308 valence electrons. The Balaban J connectivity index is 3.90. The van der Waals surface area contributed by atoms with Crippen molar-refractivity contribution in [3.8, 4) is 237 Å². The lowest BCUT2D eigenvalue weighted by molar-refractivity contribution is -0.439. The van der Waals surface area contributed by atoms with Crippen molar-refractivity contribution < 1.29 is 43.8 Å². The Kier molecular flexibility index (Phi) is 28.7. The normalized spacial score (nSPS) is 15.3. The number of carboxylic acid groups (broad SMARTS) is 1. The molecule has 0 heterocycles. The SMILES string of the molecule is C#CC#CC#CC#CC#CC#CC#CC1CCCC(C#CC#CC#CC#CC#CC#CC#CC)CC(P(=O)(OOO)P(=O)(O)O)C(C(C#CC#CC#CC#CC#CC#CC)C(=O)O)CC1. The molecule has 0 spiro atoms. The van der Waals surface area contributed by atoms with Crippen LogP contribution in [0, 0.1) is 261 Å². The van der Waals surface area contributed by atoms with E-state index in [-0.39, 0.29) is 19.3 Å². The van der Waals surface area contributed by atoms with Gasteiger partial charge in [-0.05, 0) is 253 Å². The zero-order chi connectivity index (χ0) is 47.7. The number of terminal acetylenes is 1. The number of hydrogen-bond donors (Lipinski definition) is 4. The van der Waals surface area contributed by atoms with Crippen LogP contribution in [0.2, 0.25) is 0 Å². The first-order valence-corrected chi connectivity index (χ1v) is 22.3. The van der Waals surface area contributed by atoms with Crippen molar-refractivity contribution in [1.82, 2.24) is 0 Å². The van der Waals surface area contributed by atoms with Gasteiger partial charge in [0.05, 0.1) is 5.66 Å².